The standard InChI is InChI=1S/C13H16N2O/c1-3-10(2)15-12-6-4-5-11(7-12)13-8-14-9-16-13/h4-10,15H,3H2,1-2H3. The number of anilines is 1. The van der Waals surface area contributed by atoms with Crippen LogP contribution in [0.5, 0.6) is 0 Å². The first-order valence-corrected chi connectivity index (χ1v) is 5.55. The van der Waals surface area contributed by atoms with Crippen LogP contribution in [0.15, 0.2) is 41.3 Å². The normalized spacial score (nSPS) is 12.4. The molecule has 3 nitrogen and oxygen atoms in total. The summed E-state index contributed by atoms with van der Waals surface area (Å²) in [5, 5.41) is 3.43. The number of benzene rings is 1. The van der Waals surface area contributed by atoms with Gasteiger partial charge in [-0.15, -0.1) is 0 Å². The van der Waals surface area contributed by atoms with Crippen LogP contribution in [0.4, 0.5) is 5.69 Å². The lowest BCUT2D eigenvalue weighted by Crippen LogP contribution is -2.13. The van der Waals surface area contributed by atoms with Crippen molar-refractivity contribution in [2.75, 3.05) is 5.32 Å². The quantitative estimate of drug-likeness (QED) is 0.849. The van der Waals surface area contributed by atoms with Crippen molar-refractivity contribution in [3.8, 4) is 11.3 Å². The molecule has 0 aliphatic heterocycles. The van der Waals surface area contributed by atoms with Gasteiger partial charge in [-0.05, 0) is 25.5 Å². The van der Waals surface area contributed by atoms with Gasteiger partial charge in [0, 0.05) is 17.3 Å². The molecule has 1 aromatic carbocycles. The van der Waals surface area contributed by atoms with Crippen molar-refractivity contribution < 1.29 is 4.42 Å². The Morgan fingerprint density at radius 1 is 1.44 bits per heavy atom. The highest BCUT2D eigenvalue weighted by atomic mass is 16.3. The SMILES string of the molecule is CCC(C)Nc1cccc(-c2cnco2)c1. The molecular formula is C13H16N2O. The molecule has 2 aromatic rings. The van der Waals surface area contributed by atoms with Crippen LogP contribution in [0.3, 0.4) is 0 Å². The molecule has 0 radical (unpaired) electrons. The third-order valence-corrected chi connectivity index (χ3v) is 2.60. The third kappa shape index (κ3) is 2.42. The Morgan fingerprint density at radius 2 is 2.31 bits per heavy atom. The molecule has 1 unspecified atom stereocenters. The largest absolute Gasteiger partial charge is 0.444 e. The molecule has 0 saturated carbocycles. The smallest absolute Gasteiger partial charge is 0.181 e. The first kappa shape index (κ1) is 10.7. The van der Waals surface area contributed by atoms with Crippen molar-refractivity contribution in [1.82, 2.24) is 4.98 Å². The number of nitrogens with one attached hydrogen (secondary N) is 1. The van der Waals surface area contributed by atoms with E-state index in [1.54, 1.807) is 6.20 Å². The summed E-state index contributed by atoms with van der Waals surface area (Å²) >= 11 is 0. The van der Waals surface area contributed by atoms with Crippen LogP contribution in [0, 0.1) is 0 Å². The van der Waals surface area contributed by atoms with Gasteiger partial charge in [0.25, 0.3) is 0 Å². The summed E-state index contributed by atoms with van der Waals surface area (Å²) in [5.41, 5.74) is 2.16. The molecule has 1 atom stereocenters. The molecule has 0 aliphatic rings. The zero-order valence-corrected chi connectivity index (χ0v) is 9.60. The minimum absolute atomic E-state index is 0.477. The van der Waals surface area contributed by atoms with Gasteiger partial charge in [-0.2, -0.15) is 0 Å². The summed E-state index contributed by atoms with van der Waals surface area (Å²) in [5.74, 6) is 0.799. The number of nitrogens with zero attached hydrogens (tertiary/aromatic N) is 1. The van der Waals surface area contributed by atoms with Gasteiger partial charge in [0.05, 0.1) is 6.20 Å². The van der Waals surface area contributed by atoms with Crippen molar-refractivity contribution >= 4 is 5.69 Å². The molecule has 0 bridgehead atoms. The van der Waals surface area contributed by atoms with Gasteiger partial charge in [0.2, 0.25) is 0 Å². The molecule has 0 spiro atoms. The van der Waals surface area contributed by atoms with Gasteiger partial charge < -0.3 is 9.73 Å². The summed E-state index contributed by atoms with van der Waals surface area (Å²) in [6.07, 6.45) is 4.28. The lowest BCUT2D eigenvalue weighted by atomic mass is 10.1. The predicted octanol–water partition coefficient (Wildman–Crippen LogP) is 3.55. The van der Waals surface area contributed by atoms with Gasteiger partial charge >= 0.3 is 0 Å². The topological polar surface area (TPSA) is 38.1 Å². The third-order valence-electron chi connectivity index (χ3n) is 2.60. The van der Waals surface area contributed by atoms with Crippen molar-refractivity contribution in [2.24, 2.45) is 0 Å². The van der Waals surface area contributed by atoms with E-state index in [9.17, 15) is 0 Å². The fourth-order valence-electron chi connectivity index (χ4n) is 1.51. The van der Waals surface area contributed by atoms with Crippen molar-refractivity contribution in [3.63, 3.8) is 0 Å². The fourth-order valence-corrected chi connectivity index (χ4v) is 1.51. The molecule has 3 heteroatoms. The van der Waals surface area contributed by atoms with Crippen LogP contribution < -0.4 is 5.32 Å². The number of oxazole rings is 1. The molecule has 0 saturated heterocycles. The highest BCUT2D eigenvalue weighted by Gasteiger charge is 2.03. The highest BCUT2D eigenvalue weighted by molar-refractivity contribution is 5.63. The van der Waals surface area contributed by atoms with Gasteiger partial charge in [-0.25, -0.2) is 4.98 Å². The van der Waals surface area contributed by atoms with Crippen LogP contribution in [0.2, 0.25) is 0 Å². The first-order chi connectivity index (χ1) is 7.79. The van der Waals surface area contributed by atoms with E-state index < -0.39 is 0 Å². The Balaban J connectivity index is 2.20. The van der Waals surface area contributed by atoms with Gasteiger partial charge in [0.15, 0.2) is 12.2 Å². The summed E-state index contributed by atoms with van der Waals surface area (Å²) < 4.78 is 5.27. The Labute approximate surface area is 95.5 Å². The van der Waals surface area contributed by atoms with Crippen LogP contribution in [-0.2, 0) is 0 Å². The number of rotatable bonds is 4. The second kappa shape index (κ2) is 4.84. The second-order valence-electron chi connectivity index (χ2n) is 3.90. The molecule has 0 aliphatic carbocycles. The van der Waals surface area contributed by atoms with Gasteiger partial charge in [0.1, 0.15) is 0 Å². The van der Waals surface area contributed by atoms with E-state index in [0.29, 0.717) is 6.04 Å². The van der Waals surface area contributed by atoms with E-state index >= 15 is 0 Å². The van der Waals surface area contributed by atoms with Crippen LogP contribution in [0.1, 0.15) is 20.3 Å². The molecule has 1 heterocycles. The van der Waals surface area contributed by atoms with E-state index in [1.807, 2.05) is 12.1 Å². The lowest BCUT2D eigenvalue weighted by Gasteiger charge is -2.13. The fraction of sp³-hybridized carbons (Fsp3) is 0.308. The highest BCUT2D eigenvalue weighted by Crippen LogP contribution is 2.22. The Hall–Kier alpha value is -1.77. The molecule has 84 valence electrons. The average Bonchev–Trinajstić information content (AvgIpc) is 2.83. The molecule has 2 rings (SSSR count). The molecule has 0 amide bonds. The van der Waals surface area contributed by atoms with E-state index in [1.165, 1.54) is 6.39 Å². The number of hydrogen-bond acceptors (Lipinski definition) is 3. The van der Waals surface area contributed by atoms with Crippen molar-refractivity contribution in [3.05, 3.63) is 36.9 Å². The number of hydrogen-bond donors (Lipinski definition) is 1. The molecule has 0 fully saturated rings. The van der Waals surface area contributed by atoms with Crippen molar-refractivity contribution in [1.29, 1.82) is 0 Å². The molecule has 1 N–H and O–H groups in total. The summed E-state index contributed by atoms with van der Waals surface area (Å²) in [6.45, 7) is 4.33. The van der Waals surface area contributed by atoms with Gasteiger partial charge in [-0.1, -0.05) is 19.1 Å². The van der Waals surface area contributed by atoms with E-state index in [2.05, 4.69) is 36.3 Å². The zero-order valence-electron chi connectivity index (χ0n) is 9.60. The molecule has 16 heavy (non-hydrogen) atoms. The van der Waals surface area contributed by atoms with E-state index in [-0.39, 0.29) is 0 Å². The Kier molecular flexibility index (Phi) is 3.25. The second-order valence-corrected chi connectivity index (χ2v) is 3.90. The van der Waals surface area contributed by atoms with E-state index in [4.69, 9.17) is 4.42 Å². The van der Waals surface area contributed by atoms with Crippen LogP contribution in [0.25, 0.3) is 11.3 Å². The van der Waals surface area contributed by atoms with Gasteiger partial charge in [-0.3, -0.25) is 0 Å². The van der Waals surface area contributed by atoms with Crippen molar-refractivity contribution in [2.45, 2.75) is 26.3 Å². The first-order valence-electron chi connectivity index (χ1n) is 5.55. The molecule has 1 aromatic heterocycles. The predicted molar refractivity (Wildman–Crippen MR) is 65.3 cm³/mol. The zero-order chi connectivity index (χ0) is 11.4. The average molecular weight is 216 g/mol. The van der Waals surface area contributed by atoms with Crippen LogP contribution in [-0.4, -0.2) is 11.0 Å². The Bertz CT molecular complexity index is 437. The minimum atomic E-state index is 0.477. The summed E-state index contributed by atoms with van der Waals surface area (Å²) in [6, 6.07) is 8.65. The maximum Gasteiger partial charge on any atom is 0.181 e. The minimum Gasteiger partial charge on any atom is -0.444 e. The summed E-state index contributed by atoms with van der Waals surface area (Å²) in [7, 11) is 0. The lowest BCUT2D eigenvalue weighted by molar-refractivity contribution is 0.572. The Morgan fingerprint density at radius 3 is 3.00 bits per heavy atom. The maximum atomic E-state index is 5.27. The molecular weight excluding hydrogens is 200 g/mol. The number of aromatic nitrogens is 1. The monoisotopic (exact) mass is 216 g/mol. The van der Waals surface area contributed by atoms with E-state index in [0.717, 1.165) is 23.4 Å². The summed E-state index contributed by atoms with van der Waals surface area (Å²) in [4.78, 5) is 3.92. The maximum absolute atomic E-state index is 5.27. The van der Waals surface area contributed by atoms with Crippen LogP contribution >= 0.6 is 0 Å².